The summed E-state index contributed by atoms with van der Waals surface area (Å²) in [6, 6.07) is 5.51. The lowest BCUT2D eigenvalue weighted by Crippen LogP contribution is -2.42. The molecule has 128 valence electrons. The maximum Gasteiger partial charge on any atom is 0.435 e. The molecule has 0 saturated carbocycles. The number of benzene rings is 1. The Bertz CT molecular complexity index is 797. The van der Waals surface area contributed by atoms with E-state index in [0.29, 0.717) is 4.88 Å². The van der Waals surface area contributed by atoms with Crippen LogP contribution in [0.25, 0.3) is 0 Å². The summed E-state index contributed by atoms with van der Waals surface area (Å²) >= 11 is 16.4. The Morgan fingerprint density at radius 1 is 1.21 bits per heavy atom. The second-order valence-corrected chi connectivity index (χ2v) is 8.29. The maximum absolute atomic E-state index is 13.8. The Labute approximate surface area is 158 Å². The van der Waals surface area contributed by atoms with Crippen LogP contribution in [0.15, 0.2) is 33.9 Å². The Balaban J connectivity index is 2.05. The molecule has 1 aliphatic rings. The van der Waals surface area contributed by atoms with Crippen LogP contribution >= 0.6 is 50.5 Å². The highest BCUT2D eigenvalue weighted by atomic mass is 79.9. The second-order valence-electron chi connectivity index (χ2n) is 5.30. The fourth-order valence-corrected chi connectivity index (χ4v) is 4.46. The van der Waals surface area contributed by atoms with Crippen LogP contribution in [0, 0.1) is 6.92 Å². The molecule has 0 saturated heterocycles. The van der Waals surface area contributed by atoms with Crippen molar-refractivity contribution in [2.45, 2.75) is 25.1 Å². The highest BCUT2D eigenvalue weighted by Crippen LogP contribution is 2.50. The van der Waals surface area contributed by atoms with Gasteiger partial charge in [0.05, 0.1) is 11.3 Å². The first-order chi connectivity index (χ1) is 11.1. The van der Waals surface area contributed by atoms with Crippen LogP contribution < -0.4 is 0 Å². The molecule has 3 rings (SSSR count). The first-order valence-electron chi connectivity index (χ1n) is 6.67. The lowest BCUT2D eigenvalue weighted by atomic mass is 9.88. The van der Waals surface area contributed by atoms with Crippen LogP contribution in [0.3, 0.4) is 0 Å². The summed E-state index contributed by atoms with van der Waals surface area (Å²) in [6.45, 7) is 1.86. The fraction of sp³-hybridized carbons (Fsp3) is 0.267. The Morgan fingerprint density at radius 3 is 2.33 bits per heavy atom. The van der Waals surface area contributed by atoms with E-state index in [2.05, 4.69) is 21.1 Å². The van der Waals surface area contributed by atoms with Crippen molar-refractivity contribution in [1.29, 1.82) is 0 Å². The van der Waals surface area contributed by atoms with Crippen LogP contribution in [0.5, 0.6) is 0 Å². The molecule has 0 fully saturated rings. The zero-order valence-corrected chi connectivity index (χ0v) is 16.0. The Morgan fingerprint density at radius 2 is 1.83 bits per heavy atom. The number of halogens is 6. The molecule has 9 heteroatoms. The quantitative estimate of drug-likeness (QED) is 0.490. The summed E-state index contributed by atoms with van der Waals surface area (Å²) in [5, 5.41) is 3.93. The van der Waals surface area contributed by atoms with Crippen molar-refractivity contribution >= 4 is 56.2 Å². The predicted molar refractivity (Wildman–Crippen MR) is 93.2 cm³/mol. The van der Waals surface area contributed by atoms with Crippen molar-refractivity contribution in [2.75, 3.05) is 0 Å². The molecular weight excluding hydrogens is 450 g/mol. The summed E-state index contributed by atoms with van der Waals surface area (Å²) in [4.78, 5) is 6.53. The molecule has 0 radical (unpaired) electrons. The molecule has 1 atom stereocenters. The minimum atomic E-state index is -4.68. The monoisotopic (exact) mass is 457 g/mol. The number of thiophene rings is 1. The van der Waals surface area contributed by atoms with E-state index in [1.165, 1.54) is 29.5 Å². The molecule has 1 aromatic carbocycles. The standard InChI is InChI=1S/C15H9BrCl2F3NOS/c1-7-11(16)5-13(24-7)12-6-14(23-22-12,15(19,20)21)8-2-9(17)4-10(18)3-8/h2-5H,6H2,1H3/t14-/m0/s1. The van der Waals surface area contributed by atoms with Crippen molar-refractivity contribution in [3.63, 3.8) is 0 Å². The van der Waals surface area contributed by atoms with E-state index in [-0.39, 0.29) is 21.3 Å². The van der Waals surface area contributed by atoms with Crippen molar-refractivity contribution < 1.29 is 18.0 Å². The summed E-state index contributed by atoms with van der Waals surface area (Å²) in [6.07, 6.45) is -5.13. The van der Waals surface area contributed by atoms with E-state index in [0.717, 1.165) is 9.35 Å². The smallest absolute Gasteiger partial charge is 0.374 e. The maximum atomic E-state index is 13.8. The van der Waals surface area contributed by atoms with Crippen molar-refractivity contribution in [3.8, 4) is 0 Å². The first-order valence-corrected chi connectivity index (χ1v) is 9.03. The Hall–Kier alpha value is -0.760. The zero-order chi connectivity index (χ0) is 17.7. The molecular formula is C15H9BrCl2F3NOS. The molecule has 0 amide bonds. The van der Waals surface area contributed by atoms with Crippen molar-refractivity contribution in [1.82, 2.24) is 0 Å². The molecule has 1 aliphatic heterocycles. The third-order valence-electron chi connectivity index (χ3n) is 3.66. The van der Waals surface area contributed by atoms with E-state index < -0.39 is 18.2 Å². The van der Waals surface area contributed by atoms with Gasteiger partial charge in [-0.05, 0) is 47.1 Å². The van der Waals surface area contributed by atoms with Crippen LogP contribution in [0.1, 0.15) is 21.7 Å². The molecule has 0 bridgehead atoms. The molecule has 24 heavy (non-hydrogen) atoms. The van der Waals surface area contributed by atoms with Gasteiger partial charge in [0, 0.05) is 25.0 Å². The van der Waals surface area contributed by atoms with Gasteiger partial charge in [-0.15, -0.1) is 11.3 Å². The topological polar surface area (TPSA) is 21.6 Å². The fourth-order valence-electron chi connectivity index (χ4n) is 2.42. The molecule has 2 nitrogen and oxygen atoms in total. The van der Waals surface area contributed by atoms with Gasteiger partial charge in [0.15, 0.2) is 0 Å². The summed E-state index contributed by atoms with van der Waals surface area (Å²) in [5.41, 5.74) is -2.53. The van der Waals surface area contributed by atoms with Gasteiger partial charge in [0.25, 0.3) is 5.60 Å². The van der Waals surface area contributed by atoms with Gasteiger partial charge in [-0.3, -0.25) is 0 Å². The summed E-state index contributed by atoms with van der Waals surface area (Å²) in [7, 11) is 0. The SMILES string of the molecule is Cc1sc(C2=NO[C@@](c3cc(Cl)cc(Cl)c3)(C(F)(F)F)C2)cc1Br. The number of aryl methyl sites for hydroxylation is 1. The number of nitrogens with zero attached hydrogens (tertiary/aromatic N) is 1. The minimum Gasteiger partial charge on any atom is -0.374 e. The lowest BCUT2D eigenvalue weighted by Gasteiger charge is -2.29. The van der Waals surface area contributed by atoms with Crippen molar-refractivity contribution in [3.05, 3.63) is 54.1 Å². The van der Waals surface area contributed by atoms with Gasteiger partial charge >= 0.3 is 6.18 Å². The first kappa shape index (κ1) is 18.0. The number of hydrogen-bond donors (Lipinski definition) is 0. The predicted octanol–water partition coefficient (Wildman–Crippen LogP) is 6.71. The largest absolute Gasteiger partial charge is 0.435 e. The number of alkyl halides is 3. The highest BCUT2D eigenvalue weighted by Gasteiger charge is 2.62. The average molecular weight is 459 g/mol. The van der Waals surface area contributed by atoms with Crippen LogP contribution in [-0.2, 0) is 10.4 Å². The normalized spacial score (nSPS) is 20.9. The van der Waals surface area contributed by atoms with Gasteiger partial charge in [-0.1, -0.05) is 28.4 Å². The summed E-state index contributed by atoms with van der Waals surface area (Å²) in [5.74, 6) is 0. The van der Waals surface area contributed by atoms with E-state index in [1.807, 2.05) is 6.92 Å². The molecule has 1 aromatic heterocycles. The molecule has 0 unspecified atom stereocenters. The lowest BCUT2D eigenvalue weighted by molar-refractivity contribution is -0.275. The van der Waals surface area contributed by atoms with Crippen LogP contribution in [0.4, 0.5) is 13.2 Å². The minimum absolute atomic E-state index is 0.105. The molecule has 2 aromatic rings. The van der Waals surface area contributed by atoms with Crippen LogP contribution in [0.2, 0.25) is 10.0 Å². The van der Waals surface area contributed by atoms with Crippen molar-refractivity contribution in [2.24, 2.45) is 5.16 Å². The van der Waals surface area contributed by atoms with E-state index >= 15 is 0 Å². The molecule has 0 N–H and O–H groups in total. The molecule has 0 aliphatic carbocycles. The van der Waals surface area contributed by atoms with Crippen LogP contribution in [-0.4, -0.2) is 11.9 Å². The molecule has 2 heterocycles. The van der Waals surface area contributed by atoms with E-state index in [4.69, 9.17) is 28.0 Å². The van der Waals surface area contributed by atoms with Gasteiger partial charge < -0.3 is 4.84 Å². The summed E-state index contributed by atoms with van der Waals surface area (Å²) < 4.78 is 42.4. The van der Waals surface area contributed by atoms with E-state index in [9.17, 15) is 13.2 Å². The Kier molecular flexibility index (Phi) is 4.66. The zero-order valence-electron chi connectivity index (χ0n) is 12.0. The number of hydrogen-bond acceptors (Lipinski definition) is 3. The second kappa shape index (κ2) is 6.20. The van der Waals surface area contributed by atoms with Gasteiger partial charge in [0.2, 0.25) is 0 Å². The number of rotatable bonds is 2. The van der Waals surface area contributed by atoms with E-state index in [1.54, 1.807) is 6.07 Å². The third kappa shape index (κ3) is 3.07. The third-order valence-corrected chi connectivity index (χ3v) is 6.28. The number of oxime groups is 1. The molecule has 0 spiro atoms. The highest BCUT2D eigenvalue weighted by molar-refractivity contribution is 9.10. The average Bonchev–Trinajstić information content (AvgIpc) is 3.03. The van der Waals surface area contributed by atoms with Gasteiger partial charge in [-0.2, -0.15) is 13.2 Å². The van der Waals surface area contributed by atoms with Gasteiger partial charge in [-0.25, -0.2) is 0 Å². The van der Waals surface area contributed by atoms with Gasteiger partial charge in [0.1, 0.15) is 5.71 Å².